The van der Waals surface area contributed by atoms with Crippen LogP contribution in [0.5, 0.6) is 5.75 Å². The van der Waals surface area contributed by atoms with E-state index in [-0.39, 0.29) is 17.4 Å². The summed E-state index contributed by atoms with van der Waals surface area (Å²) in [6, 6.07) is 7.30. The van der Waals surface area contributed by atoms with Gasteiger partial charge in [0.2, 0.25) is 0 Å². The van der Waals surface area contributed by atoms with Crippen molar-refractivity contribution in [1.82, 2.24) is 0 Å². The standard InChI is InChI=1S/C12H8ClFO3/c13-11-4-3-8(5-12(11)14)16-7-10-2-1-9(6-15)17-10/h1-6H,7H2. The van der Waals surface area contributed by atoms with Gasteiger partial charge in [0.05, 0.1) is 5.02 Å². The fourth-order valence-corrected chi connectivity index (χ4v) is 1.37. The number of benzene rings is 1. The van der Waals surface area contributed by atoms with E-state index >= 15 is 0 Å². The molecule has 0 radical (unpaired) electrons. The van der Waals surface area contributed by atoms with Crippen LogP contribution in [0.15, 0.2) is 34.7 Å². The van der Waals surface area contributed by atoms with Crippen molar-refractivity contribution >= 4 is 17.9 Å². The summed E-state index contributed by atoms with van der Waals surface area (Å²) in [5, 5.41) is 0.0404. The molecule has 0 amide bonds. The van der Waals surface area contributed by atoms with Crippen molar-refractivity contribution < 1.29 is 18.3 Å². The molecule has 88 valence electrons. The summed E-state index contributed by atoms with van der Waals surface area (Å²) in [4.78, 5) is 10.4. The van der Waals surface area contributed by atoms with Gasteiger partial charge in [0.15, 0.2) is 12.0 Å². The van der Waals surface area contributed by atoms with E-state index in [4.69, 9.17) is 20.8 Å². The van der Waals surface area contributed by atoms with Crippen molar-refractivity contribution in [2.75, 3.05) is 0 Å². The van der Waals surface area contributed by atoms with Crippen LogP contribution >= 0.6 is 11.6 Å². The van der Waals surface area contributed by atoms with E-state index in [2.05, 4.69) is 0 Å². The highest BCUT2D eigenvalue weighted by atomic mass is 35.5. The van der Waals surface area contributed by atoms with Crippen molar-refractivity contribution in [1.29, 1.82) is 0 Å². The molecule has 5 heteroatoms. The van der Waals surface area contributed by atoms with E-state index in [1.165, 1.54) is 18.2 Å². The average molecular weight is 255 g/mol. The van der Waals surface area contributed by atoms with Gasteiger partial charge < -0.3 is 9.15 Å². The molecule has 0 N–H and O–H groups in total. The number of hydrogen-bond donors (Lipinski definition) is 0. The number of ether oxygens (including phenoxy) is 1. The van der Waals surface area contributed by atoms with Gasteiger partial charge in [-0.15, -0.1) is 0 Å². The van der Waals surface area contributed by atoms with Gasteiger partial charge in [-0.25, -0.2) is 4.39 Å². The molecule has 2 rings (SSSR count). The molecule has 2 aromatic rings. The average Bonchev–Trinajstić information content (AvgIpc) is 2.79. The molecule has 0 atom stereocenters. The first-order chi connectivity index (χ1) is 8.19. The number of carbonyl (C=O) groups is 1. The molecule has 0 spiro atoms. The predicted octanol–water partition coefficient (Wildman–Crippen LogP) is 3.46. The van der Waals surface area contributed by atoms with Gasteiger partial charge in [-0.05, 0) is 24.3 Å². The van der Waals surface area contributed by atoms with Gasteiger partial charge in [0.25, 0.3) is 0 Å². The third-order valence-electron chi connectivity index (χ3n) is 2.07. The Bertz CT molecular complexity index is 536. The number of furan rings is 1. The van der Waals surface area contributed by atoms with Crippen molar-refractivity contribution in [3.8, 4) is 5.75 Å². The lowest BCUT2D eigenvalue weighted by Gasteiger charge is -2.04. The molecular formula is C12H8ClFO3. The molecule has 1 aromatic heterocycles. The molecule has 3 nitrogen and oxygen atoms in total. The zero-order valence-corrected chi connectivity index (χ0v) is 9.41. The SMILES string of the molecule is O=Cc1ccc(COc2ccc(Cl)c(F)c2)o1. The van der Waals surface area contributed by atoms with Crippen LogP contribution < -0.4 is 4.74 Å². The summed E-state index contributed by atoms with van der Waals surface area (Å²) in [6.07, 6.45) is 0.603. The Morgan fingerprint density at radius 1 is 1.35 bits per heavy atom. The fraction of sp³-hybridized carbons (Fsp3) is 0.0833. The van der Waals surface area contributed by atoms with Crippen LogP contribution in [0.25, 0.3) is 0 Å². The van der Waals surface area contributed by atoms with E-state index in [0.717, 1.165) is 0 Å². The van der Waals surface area contributed by atoms with E-state index in [1.54, 1.807) is 12.1 Å². The van der Waals surface area contributed by atoms with Crippen LogP contribution in [-0.2, 0) is 6.61 Å². The molecular weight excluding hydrogens is 247 g/mol. The summed E-state index contributed by atoms with van der Waals surface area (Å²) in [5.41, 5.74) is 0. The maximum atomic E-state index is 13.1. The van der Waals surface area contributed by atoms with Gasteiger partial charge >= 0.3 is 0 Å². The molecule has 17 heavy (non-hydrogen) atoms. The Hall–Kier alpha value is -1.81. The molecule has 0 aliphatic heterocycles. The zero-order valence-electron chi connectivity index (χ0n) is 8.65. The van der Waals surface area contributed by atoms with Gasteiger partial charge in [-0.1, -0.05) is 11.6 Å². The van der Waals surface area contributed by atoms with Crippen LogP contribution in [0.3, 0.4) is 0 Å². The van der Waals surface area contributed by atoms with E-state index in [1.807, 2.05) is 0 Å². The summed E-state index contributed by atoms with van der Waals surface area (Å²) in [5.74, 6) is 0.515. The van der Waals surface area contributed by atoms with Crippen molar-refractivity contribution in [3.05, 3.63) is 52.7 Å². The highest BCUT2D eigenvalue weighted by molar-refractivity contribution is 6.30. The molecule has 1 heterocycles. The third kappa shape index (κ3) is 2.85. The quantitative estimate of drug-likeness (QED) is 0.785. The largest absolute Gasteiger partial charge is 0.486 e. The second-order valence-electron chi connectivity index (χ2n) is 3.29. The Kier molecular flexibility index (Phi) is 3.44. The molecule has 1 aromatic carbocycles. The summed E-state index contributed by atoms with van der Waals surface area (Å²) in [7, 11) is 0. The van der Waals surface area contributed by atoms with E-state index < -0.39 is 5.82 Å². The van der Waals surface area contributed by atoms with Crippen LogP contribution in [0.2, 0.25) is 5.02 Å². The maximum Gasteiger partial charge on any atom is 0.185 e. The first kappa shape index (κ1) is 11.7. The molecule has 0 fully saturated rings. The molecule has 0 aliphatic rings. The van der Waals surface area contributed by atoms with Gasteiger partial charge in [0, 0.05) is 6.07 Å². The second kappa shape index (κ2) is 5.01. The van der Waals surface area contributed by atoms with Crippen LogP contribution in [0.1, 0.15) is 16.3 Å². The van der Waals surface area contributed by atoms with Gasteiger partial charge in [-0.3, -0.25) is 4.79 Å². The minimum absolute atomic E-state index is 0.0404. The van der Waals surface area contributed by atoms with Crippen molar-refractivity contribution in [3.63, 3.8) is 0 Å². The third-order valence-corrected chi connectivity index (χ3v) is 2.38. The van der Waals surface area contributed by atoms with Crippen LogP contribution in [0, 0.1) is 5.82 Å². The van der Waals surface area contributed by atoms with Crippen LogP contribution in [0.4, 0.5) is 4.39 Å². The monoisotopic (exact) mass is 254 g/mol. The fourth-order valence-electron chi connectivity index (χ4n) is 1.26. The summed E-state index contributed by atoms with van der Waals surface area (Å²) in [6.45, 7) is 0.120. The molecule has 0 unspecified atom stereocenters. The summed E-state index contributed by atoms with van der Waals surface area (Å²) >= 11 is 5.53. The number of hydrogen-bond acceptors (Lipinski definition) is 3. The Labute approximate surface area is 102 Å². The lowest BCUT2D eigenvalue weighted by Crippen LogP contribution is -1.94. The number of aldehydes is 1. The van der Waals surface area contributed by atoms with Crippen LogP contribution in [-0.4, -0.2) is 6.29 Å². The lowest BCUT2D eigenvalue weighted by molar-refractivity contribution is 0.109. The van der Waals surface area contributed by atoms with Crippen molar-refractivity contribution in [2.24, 2.45) is 0 Å². The summed E-state index contributed by atoms with van der Waals surface area (Å²) < 4.78 is 23.5. The smallest absolute Gasteiger partial charge is 0.185 e. The molecule has 0 saturated heterocycles. The van der Waals surface area contributed by atoms with E-state index in [9.17, 15) is 9.18 Å². The minimum Gasteiger partial charge on any atom is -0.486 e. The number of carbonyl (C=O) groups excluding carboxylic acids is 1. The normalized spacial score (nSPS) is 10.2. The predicted molar refractivity (Wildman–Crippen MR) is 59.8 cm³/mol. The highest BCUT2D eigenvalue weighted by Gasteiger charge is 2.04. The topological polar surface area (TPSA) is 39.4 Å². The highest BCUT2D eigenvalue weighted by Crippen LogP contribution is 2.21. The van der Waals surface area contributed by atoms with Gasteiger partial charge in [-0.2, -0.15) is 0 Å². The minimum atomic E-state index is -0.544. The lowest BCUT2D eigenvalue weighted by atomic mass is 10.3. The van der Waals surface area contributed by atoms with Crippen molar-refractivity contribution in [2.45, 2.75) is 6.61 Å². The zero-order chi connectivity index (χ0) is 12.3. The Morgan fingerprint density at radius 2 is 2.18 bits per heavy atom. The van der Waals surface area contributed by atoms with E-state index in [0.29, 0.717) is 17.8 Å². The Morgan fingerprint density at radius 3 is 2.82 bits per heavy atom. The second-order valence-corrected chi connectivity index (χ2v) is 3.69. The first-order valence-electron chi connectivity index (χ1n) is 4.81. The maximum absolute atomic E-state index is 13.1. The molecule has 0 aliphatic carbocycles. The first-order valence-corrected chi connectivity index (χ1v) is 5.18. The molecule has 0 saturated carbocycles. The Balaban J connectivity index is 2.01. The number of rotatable bonds is 4. The van der Waals surface area contributed by atoms with Gasteiger partial charge in [0.1, 0.15) is 23.9 Å². The number of halogens is 2. The molecule has 0 bridgehead atoms.